The maximum atomic E-state index is 11.8. The van der Waals surface area contributed by atoms with Crippen molar-refractivity contribution in [2.75, 3.05) is 18.0 Å². The van der Waals surface area contributed by atoms with Gasteiger partial charge in [0, 0.05) is 26.4 Å². The first-order valence-corrected chi connectivity index (χ1v) is 7.14. The summed E-state index contributed by atoms with van der Waals surface area (Å²) < 4.78 is 0. The molecule has 0 atom stereocenters. The molecule has 0 bridgehead atoms. The second-order valence-electron chi connectivity index (χ2n) is 4.75. The maximum Gasteiger partial charge on any atom is 0.223 e. The Kier molecular flexibility index (Phi) is 6.96. The number of amides is 2. The van der Waals surface area contributed by atoms with Gasteiger partial charge in [-0.3, -0.25) is 9.59 Å². The number of unbranched alkanes of at least 4 members (excludes halogenated alkanes) is 1. The van der Waals surface area contributed by atoms with Crippen LogP contribution in [-0.2, 0) is 9.59 Å². The quantitative estimate of drug-likeness (QED) is 0.781. The van der Waals surface area contributed by atoms with Crippen LogP contribution in [0.25, 0.3) is 0 Å². The molecule has 1 aromatic rings. The van der Waals surface area contributed by atoms with Crippen molar-refractivity contribution in [1.82, 2.24) is 5.32 Å². The standard InChI is InChI=1S/C16H21N3O2/c1-3-4-10-18-16(21)9-11-19(13(2)20)15-8-6-5-7-14(15)12-17/h5-8H,3-4,9-11H2,1-2H3,(H,18,21). The zero-order chi connectivity index (χ0) is 15.7. The van der Waals surface area contributed by atoms with E-state index in [9.17, 15) is 9.59 Å². The van der Waals surface area contributed by atoms with Crippen molar-refractivity contribution in [2.24, 2.45) is 0 Å². The lowest BCUT2D eigenvalue weighted by Crippen LogP contribution is -2.34. The van der Waals surface area contributed by atoms with Crippen LogP contribution in [0.5, 0.6) is 0 Å². The molecule has 0 radical (unpaired) electrons. The lowest BCUT2D eigenvalue weighted by atomic mass is 10.1. The average molecular weight is 287 g/mol. The average Bonchev–Trinajstić information content (AvgIpc) is 2.48. The summed E-state index contributed by atoms with van der Waals surface area (Å²) in [5, 5.41) is 11.9. The fourth-order valence-electron chi connectivity index (χ4n) is 1.96. The van der Waals surface area contributed by atoms with Gasteiger partial charge < -0.3 is 10.2 Å². The summed E-state index contributed by atoms with van der Waals surface area (Å²) in [5.41, 5.74) is 0.980. The zero-order valence-corrected chi connectivity index (χ0v) is 12.6. The third-order valence-electron chi connectivity index (χ3n) is 3.11. The summed E-state index contributed by atoms with van der Waals surface area (Å²) in [6, 6.07) is 8.96. The predicted molar refractivity (Wildman–Crippen MR) is 81.7 cm³/mol. The Hall–Kier alpha value is -2.35. The molecule has 0 aliphatic carbocycles. The van der Waals surface area contributed by atoms with Crippen LogP contribution in [0.3, 0.4) is 0 Å². The number of hydrogen-bond acceptors (Lipinski definition) is 3. The number of benzene rings is 1. The van der Waals surface area contributed by atoms with Gasteiger partial charge in [0.1, 0.15) is 6.07 Å². The smallest absolute Gasteiger partial charge is 0.223 e. The van der Waals surface area contributed by atoms with Crippen LogP contribution in [0.15, 0.2) is 24.3 Å². The molecule has 1 N–H and O–H groups in total. The molecule has 1 aromatic carbocycles. The summed E-state index contributed by atoms with van der Waals surface area (Å²) in [4.78, 5) is 25.0. The van der Waals surface area contributed by atoms with Gasteiger partial charge in [0.05, 0.1) is 11.3 Å². The highest BCUT2D eigenvalue weighted by Gasteiger charge is 2.16. The van der Waals surface area contributed by atoms with Crippen LogP contribution in [-0.4, -0.2) is 24.9 Å². The van der Waals surface area contributed by atoms with Gasteiger partial charge in [0.15, 0.2) is 0 Å². The molecule has 1 rings (SSSR count). The molecule has 0 aliphatic heterocycles. The van der Waals surface area contributed by atoms with Crippen molar-refractivity contribution in [3.05, 3.63) is 29.8 Å². The van der Waals surface area contributed by atoms with Crippen LogP contribution in [0, 0.1) is 11.3 Å². The molecule has 5 nitrogen and oxygen atoms in total. The summed E-state index contributed by atoms with van der Waals surface area (Å²) in [6.07, 6.45) is 2.19. The topological polar surface area (TPSA) is 73.2 Å². The number of carbonyl (C=O) groups excluding carboxylic acids is 2. The Morgan fingerprint density at radius 3 is 2.67 bits per heavy atom. The van der Waals surface area contributed by atoms with E-state index in [0.29, 0.717) is 17.8 Å². The molecular formula is C16H21N3O2. The van der Waals surface area contributed by atoms with Crippen LogP contribution in [0.1, 0.15) is 38.7 Å². The molecule has 0 saturated heterocycles. The normalized spacial score (nSPS) is 9.76. The van der Waals surface area contributed by atoms with Gasteiger partial charge in [0.25, 0.3) is 0 Å². The van der Waals surface area contributed by atoms with Gasteiger partial charge in [-0.15, -0.1) is 0 Å². The molecule has 0 heterocycles. The van der Waals surface area contributed by atoms with E-state index in [2.05, 4.69) is 18.3 Å². The highest BCUT2D eigenvalue weighted by atomic mass is 16.2. The van der Waals surface area contributed by atoms with Crippen molar-refractivity contribution in [3.8, 4) is 6.07 Å². The summed E-state index contributed by atoms with van der Waals surface area (Å²) >= 11 is 0. The van der Waals surface area contributed by atoms with Gasteiger partial charge in [-0.1, -0.05) is 25.5 Å². The molecular weight excluding hydrogens is 266 g/mol. The van der Waals surface area contributed by atoms with Gasteiger partial charge >= 0.3 is 0 Å². The third-order valence-corrected chi connectivity index (χ3v) is 3.11. The van der Waals surface area contributed by atoms with Gasteiger partial charge in [-0.05, 0) is 18.6 Å². The number of nitriles is 1. The Morgan fingerprint density at radius 1 is 1.33 bits per heavy atom. The van der Waals surface area contributed by atoms with E-state index in [0.717, 1.165) is 12.8 Å². The van der Waals surface area contributed by atoms with E-state index in [1.54, 1.807) is 24.3 Å². The first-order chi connectivity index (χ1) is 10.1. The minimum Gasteiger partial charge on any atom is -0.356 e. The zero-order valence-electron chi connectivity index (χ0n) is 12.6. The molecule has 2 amide bonds. The molecule has 0 aromatic heterocycles. The Labute approximate surface area is 125 Å². The first-order valence-electron chi connectivity index (χ1n) is 7.14. The van der Waals surface area contributed by atoms with Crippen LogP contribution in [0.4, 0.5) is 5.69 Å². The van der Waals surface area contributed by atoms with Crippen molar-refractivity contribution in [3.63, 3.8) is 0 Å². The second kappa shape index (κ2) is 8.75. The molecule has 112 valence electrons. The van der Waals surface area contributed by atoms with Crippen LogP contribution in [0.2, 0.25) is 0 Å². The Morgan fingerprint density at radius 2 is 2.05 bits per heavy atom. The number of para-hydroxylation sites is 1. The number of rotatable bonds is 7. The van der Waals surface area contributed by atoms with E-state index >= 15 is 0 Å². The predicted octanol–water partition coefficient (Wildman–Crippen LogP) is 2.22. The van der Waals surface area contributed by atoms with Crippen molar-refractivity contribution >= 4 is 17.5 Å². The van der Waals surface area contributed by atoms with E-state index in [-0.39, 0.29) is 24.8 Å². The minimum absolute atomic E-state index is 0.0795. The lowest BCUT2D eigenvalue weighted by Gasteiger charge is -2.22. The highest BCUT2D eigenvalue weighted by molar-refractivity contribution is 5.93. The number of hydrogen-bond donors (Lipinski definition) is 1. The molecule has 0 aliphatic rings. The molecule has 0 spiro atoms. The van der Waals surface area contributed by atoms with E-state index in [1.165, 1.54) is 11.8 Å². The largest absolute Gasteiger partial charge is 0.356 e. The highest BCUT2D eigenvalue weighted by Crippen LogP contribution is 2.20. The van der Waals surface area contributed by atoms with E-state index < -0.39 is 0 Å². The van der Waals surface area contributed by atoms with E-state index in [1.807, 2.05) is 0 Å². The van der Waals surface area contributed by atoms with Crippen molar-refractivity contribution in [1.29, 1.82) is 5.26 Å². The van der Waals surface area contributed by atoms with E-state index in [4.69, 9.17) is 5.26 Å². The number of anilines is 1. The summed E-state index contributed by atoms with van der Waals surface area (Å²) in [7, 11) is 0. The maximum absolute atomic E-state index is 11.8. The molecule has 5 heteroatoms. The number of nitrogens with one attached hydrogen (secondary N) is 1. The lowest BCUT2D eigenvalue weighted by molar-refractivity contribution is -0.121. The minimum atomic E-state index is -0.181. The fraction of sp³-hybridized carbons (Fsp3) is 0.438. The van der Waals surface area contributed by atoms with Gasteiger partial charge in [-0.2, -0.15) is 5.26 Å². The first kappa shape index (κ1) is 16.7. The number of carbonyl (C=O) groups is 2. The Bertz CT molecular complexity index is 535. The third kappa shape index (κ3) is 5.27. The van der Waals surface area contributed by atoms with Crippen molar-refractivity contribution < 1.29 is 9.59 Å². The molecule has 0 saturated carbocycles. The molecule has 0 unspecified atom stereocenters. The van der Waals surface area contributed by atoms with Crippen LogP contribution >= 0.6 is 0 Å². The molecule has 0 fully saturated rings. The van der Waals surface area contributed by atoms with Gasteiger partial charge in [0.2, 0.25) is 11.8 Å². The van der Waals surface area contributed by atoms with Crippen LogP contribution < -0.4 is 10.2 Å². The molecule has 21 heavy (non-hydrogen) atoms. The van der Waals surface area contributed by atoms with Crippen molar-refractivity contribution in [2.45, 2.75) is 33.1 Å². The SMILES string of the molecule is CCCCNC(=O)CCN(C(C)=O)c1ccccc1C#N. The summed E-state index contributed by atoms with van der Waals surface area (Å²) in [5.74, 6) is -0.261. The fourth-order valence-corrected chi connectivity index (χ4v) is 1.96. The number of nitrogens with zero attached hydrogens (tertiary/aromatic N) is 2. The second-order valence-corrected chi connectivity index (χ2v) is 4.75. The summed E-state index contributed by atoms with van der Waals surface area (Å²) in [6.45, 7) is 4.42. The Balaban J connectivity index is 2.69. The van der Waals surface area contributed by atoms with Gasteiger partial charge in [-0.25, -0.2) is 0 Å². The monoisotopic (exact) mass is 287 g/mol.